The smallest absolute Gasteiger partial charge is 0.248 e. The minimum absolute atomic E-state index is 0.133. The molecule has 158 valence electrons. The number of pyridine rings is 1. The van der Waals surface area contributed by atoms with E-state index in [0.717, 1.165) is 22.8 Å². The van der Waals surface area contributed by atoms with E-state index in [0.29, 0.717) is 40.9 Å². The number of aliphatic hydroxyl groups is 1. The fourth-order valence-electron chi connectivity index (χ4n) is 3.82. The Labute approximate surface area is 184 Å². The Morgan fingerprint density at radius 1 is 1.35 bits per heavy atom. The van der Waals surface area contributed by atoms with Gasteiger partial charge in [0, 0.05) is 17.6 Å². The Kier molecular flexibility index (Phi) is 6.05. The van der Waals surface area contributed by atoms with Crippen molar-refractivity contribution in [1.82, 2.24) is 4.98 Å². The summed E-state index contributed by atoms with van der Waals surface area (Å²) in [5.41, 5.74) is 7.59. The third-order valence-corrected chi connectivity index (χ3v) is 5.77. The van der Waals surface area contributed by atoms with Gasteiger partial charge in [-0.2, -0.15) is 5.26 Å². The van der Waals surface area contributed by atoms with Crippen LogP contribution in [0.25, 0.3) is 10.8 Å². The number of hydrogen-bond donors (Lipinski definition) is 3. The van der Waals surface area contributed by atoms with Crippen LogP contribution in [0.5, 0.6) is 0 Å². The van der Waals surface area contributed by atoms with Crippen LogP contribution in [0.3, 0.4) is 0 Å². The second-order valence-electron chi connectivity index (χ2n) is 7.48. The summed E-state index contributed by atoms with van der Waals surface area (Å²) in [6.45, 7) is 1.07. The number of fused-ring (bicyclic) bond motifs is 1. The highest BCUT2D eigenvalue weighted by Gasteiger charge is 2.22. The van der Waals surface area contributed by atoms with Gasteiger partial charge in [-0.3, -0.25) is 4.79 Å². The van der Waals surface area contributed by atoms with E-state index >= 15 is 0 Å². The number of aliphatic hydroxyl groups excluding tert-OH is 1. The van der Waals surface area contributed by atoms with Crippen molar-refractivity contribution in [1.29, 1.82) is 5.26 Å². The van der Waals surface area contributed by atoms with Crippen molar-refractivity contribution in [3.05, 3.63) is 69.9 Å². The summed E-state index contributed by atoms with van der Waals surface area (Å²) in [5.74, 6) is -0.372. The zero-order chi connectivity index (χ0) is 22.0. The van der Waals surface area contributed by atoms with Crippen LogP contribution in [0, 0.1) is 11.3 Å². The molecule has 2 aromatic carbocycles. The normalized spacial score (nSPS) is 16.7. The van der Waals surface area contributed by atoms with Gasteiger partial charge in [-0.25, -0.2) is 4.98 Å². The van der Waals surface area contributed by atoms with Crippen molar-refractivity contribution in [3.8, 4) is 6.07 Å². The Balaban J connectivity index is 1.85. The molecule has 0 radical (unpaired) electrons. The second-order valence-corrected chi connectivity index (χ2v) is 7.89. The number of nitrogens with zero attached hydrogens (tertiary/aromatic N) is 2. The van der Waals surface area contributed by atoms with Crippen molar-refractivity contribution in [3.63, 3.8) is 0 Å². The lowest BCUT2D eigenvalue weighted by molar-refractivity contribution is 0.100. The molecule has 0 aliphatic carbocycles. The van der Waals surface area contributed by atoms with E-state index in [1.165, 1.54) is 0 Å². The SMILES string of the molecule is N#Cc1ccc([C@H](CO)c2nc(NC3CCOC3)cc3cc(C(N)=O)ccc23)cc1Cl. The van der Waals surface area contributed by atoms with Gasteiger partial charge in [-0.15, -0.1) is 0 Å². The van der Waals surface area contributed by atoms with Gasteiger partial charge in [0.2, 0.25) is 5.91 Å². The number of nitrogens with two attached hydrogens (primary N) is 1. The number of primary amides is 1. The van der Waals surface area contributed by atoms with Gasteiger partial charge in [0.15, 0.2) is 0 Å². The maximum atomic E-state index is 11.7. The van der Waals surface area contributed by atoms with Crippen LogP contribution in [0.1, 0.15) is 39.5 Å². The van der Waals surface area contributed by atoms with Crippen LogP contribution in [0.4, 0.5) is 5.82 Å². The first-order valence-electron chi connectivity index (χ1n) is 9.89. The molecule has 4 N–H and O–H groups in total. The molecule has 1 aromatic heterocycles. The van der Waals surface area contributed by atoms with Gasteiger partial charge in [0.25, 0.3) is 0 Å². The van der Waals surface area contributed by atoms with E-state index in [2.05, 4.69) is 5.32 Å². The third kappa shape index (κ3) is 4.32. The first-order chi connectivity index (χ1) is 15.0. The molecule has 31 heavy (non-hydrogen) atoms. The van der Waals surface area contributed by atoms with Crippen LogP contribution in [0.15, 0.2) is 42.5 Å². The number of carbonyl (C=O) groups excluding carboxylic acids is 1. The van der Waals surface area contributed by atoms with Crippen molar-refractivity contribution >= 4 is 34.1 Å². The number of aromatic nitrogens is 1. The number of nitriles is 1. The van der Waals surface area contributed by atoms with E-state index in [1.54, 1.807) is 36.4 Å². The van der Waals surface area contributed by atoms with Crippen LogP contribution in [-0.2, 0) is 4.74 Å². The number of amides is 1. The maximum Gasteiger partial charge on any atom is 0.248 e. The highest BCUT2D eigenvalue weighted by atomic mass is 35.5. The monoisotopic (exact) mass is 436 g/mol. The van der Waals surface area contributed by atoms with E-state index in [4.69, 9.17) is 32.3 Å². The van der Waals surface area contributed by atoms with Gasteiger partial charge < -0.3 is 20.9 Å². The standard InChI is InChI=1S/C23H21ClN4O3/c24-20-8-13(1-2-15(20)10-25)19(11-29)22-18-4-3-14(23(26)30)7-16(18)9-21(28-22)27-17-5-6-31-12-17/h1-4,7-9,17,19,29H,5-6,11-12H2,(H2,26,30)(H,27,28)/t17?,19-/m0/s1. The average Bonchev–Trinajstić information content (AvgIpc) is 3.27. The predicted octanol–water partition coefficient (Wildman–Crippen LogP) is 3.18. The number of carbonyl (C=O) groups is 1. The van der Waals surface area contributed by atoms with Crippen molar-refractivity contribution in [2.24, 2.45) is 5.73 Å². The van der Waals surface area contributed by atoms with Gasteiger partial charge in [0.05, 0.1) is 41.5 Å². The summed E-state index contributed by atoms with van der Waals surface area (Å²) in [7, 11) is 0. The second kappa shape index (κ2) is 8.90. The molecule has 1 fully saturated rings. The number of hydrogen-bond acceptors (Lipinski definition) is 6. The summed E-state index contributed by atoms with van der Waals surface area (Å²) in [5, 5.41) is 24.7. The molecule has 0 bridgehead atoms. The Morgan fingerprint density at radius 3 is 2.84 bits per heavy atom. The lowest BCUT2D eigenvalue weighted by Crippen LogP contribution is -2.20. The van der Waals surface area contributed by atoms with E-state index in [-0.39, 0.29) is 12.6 Å². The highest BCUT2D eigenvalue weighted by molar-refractivity contribution is 6.31. The molecule has 4 rings (SSSR count). The number of benzene rings is 2. The Morgan fingerprint density at radius 2 is 2.19 bits per heavy atom. The number of ether oxygens (including phenoxy) is 1. The molecular weight excluding hydrogens is 416 g/mol. The molecule has 1 unspecified atom stereocenters. The molecule has 2 atom stereocenters. The first kappa shape index (κ1) is 21.1. The fraction of sp³-hybridized carbons (Fsp3) is 0.261. The number of rotatable bonds is 6. The Bertz CT molecular complexity index is 1190. The average molecular weight is 437 g/mol. The maximum absolute atomic E-state index is 11.7. The van der Waals surface area contributed by atoms with Crippen LogP contribution in [0.2, 0.25) is 5.02 Å². The molecule has 8 heteroatoms. The number of anilines is 1. The van der Waals surface area contributed by atoms with Crippen LogP contribution in [-0.4, -0.2) is 41.9 Å². The zero-order valence-corrected chi connectivity index (χ0v) is 17.4. The quantitative estimate of drug-likeness (QED) is 0.545. The number of nitrogens with one attached hydrogen (secondary N) is 1. The highest BCUT2D eigenvalue weighted by Crippen LogP contribution is 2.33. The van der Waals surface area contributed by atoms with Crippen molar-refractivity contribution in [2.45, 2.75) is 18.4 Å². The molecular formula is C23H21ClN4O3. The largest absolute Gasteiger partial charge is 0.395 e. The molecule has 1 aliphatic heterocycles. The first-order valence-corrected chi connectivity index (χ1v) is 10.3. The summed E-state index contributed by atoms with van der Waals surface area (Å²) in [6.07, 6.45) is 0.866. The van der Waals surface area contributed by atoms with E-state index in [9.17, 15) is 9.90 Å². The molecule has 1 saturated heterocycles. The summed E-state index contributed by atoms with van der Waals surface area (Å²) in [6, 6.07) is 14.3. The van der Waals surface area contributed by atoms with Crippen molar-refractivity contribution in [2.75, 3.05) is 25.1 Å². The molecule has 3 aromatic rings. The van der Waals surface area contributed by atoms with E-state index in [1.807, 2.05) is 12.1 Å². The molecule has 0 spiro atoms. The lowest BCUT2D eigenvalue weighted by atomic mass is 9.91. The number of halogens is 1. The fourth-order valence-corrected chi connectivity index (χ4v) is 4.06. The van der Waals surface area contributed by atoms with Crippen LogP contribution < -0.4 is 11.1 Å². The summed E-state index contributed by atoms with van der Waals surface area (Å²) >= 11 is 6.23. The Hall–Kier alpha value is -3.18. The third-order valence-electron chi connectivity index (χ3n) is 5.46. The molecule has 1 amide bonds. The molecule has 2 heterocycles. The summed E-state index contributed by atoms with van der Waals surface area (Å²) in [4.78, 5) is 16.5. The van der Waals surface area contributed by atoms with E-state index < -0.39 is 11.8 Å². The molecule has 0 saturated carbocycles. The van der Waals surface area contributed by atoms with Gasteiger partial charge in [0.1, 0.15) is 11.9 Å². The van der Waals surface area contributed by atoms with Gasteiger partial charge >= 0.3 is 0 Å². The molecule has 1 aliphatic rings. The minimum Gasteiger partial charge on any atom is -0.395 e. The lowest BCUT2D eigenvalue weighted by Gasteiger charge is -2.20. The topological polar surface area (TPSA) is 121 Å². The van der Waals surface area contributed by atoms with Gasteiger partial charge in [-0.1, -0.05) is 23.7 Å². The predicted molar refractivity (Wildman–Crippen MR) is 118 cm³/mol. The summed E-state index contributed by atoms with van der Waals surface area (Å²) < 4.78 is 5.44. The minimum atomic E-state index is -0.517. The van der Waals surface area contributed by atoms with Crippen molar-refractivity contribution < 1.29 is 14.6 Å². The zero-order valence-electron chi connectivity index (χ0n) is 16.6. The molecule has 7 nitrogen and oxygen atoms in total. The van der Waals surface area contributed by atoms with Gasteiger partial charge in [-0.05, 0) is 47.7 Å². The van der Waals surface area contributed by atoms with Crippen LogP contribution >= 0.6 is 11.6 Å².